The smallest absolute Gasteiger partial charge is 0.338 e. The molecule has 1 aliphatic rings. The Morgan fingerprint density at radius 1 is 1.59 bits per heavy atom. The molecule has 5 heteroatoms. The molecule has 1 N–H and O–H groups in total. The molecule has 0 aromatic carbocycles. The molecule has 0 radical (unpaired) electrons. The maximum absolute atomic E-state index is 12.1. The summed E-state index contributed by atoms with van der Waals surface area (Å²) >= 11 is 0. The highest BCUT2D eigenvalue weighted by Gasteiger charge is 2.30. The lowest BCUT2D eigenvalue weighted by Crippen LogP contribution is -2.34. The second-order valence-corrected chi connectivity index (χ2v) is 4.21. The molecule has 0 bridgehead atoms. The van der Waals surface area contributed by atoms with E-state index in [0.717, 1.165) is 32.1 Å². The van der Waals surface area contributed by atoms with Gasteiger partial charge in [-0.2, -0.15) is 0 Å². The van der Waals surface area contributed by atoms with E-state index < -0.39 is 5.97 Å². The summed E-state index contributed by atoms with van der Waals surface area (Å²) in [4.78, 5) is 24.6. The summed E-state index contributed by atoms with van der Waals surface area (Å²) in [7, 11) is 0. The van der Waals surface area contributed by atoms with E-state index in [9.17, 15) is 9.59 Å². The van der Waals surface area contributed by atoms with Crippen molar-refractivity contribution in [3.05, 3.63) is 23.7 Å². The van der Waals surface area contributed by atoms with Gasteiger partial charge in [0.1, 0.15) is 6.26 Å². The molecule has 1 amide bonds. The molecule has 2 rings (SSSR count). The van der Waals surface area contributed by atoms with E-state index in [2.05, 4.69) is 0 Å². The molecule has 0 spiro atoms. The minimum atomic E-state index is -1.08. The molecule has 1 saturated heterocycles. The molecule has 1 fully saturated rings. The van der Waals surface area contributed by atoms with E-state index in [-0.39, 0.29) is 23.3 Å². The minimum Gasteiger partial charge on any atom is -0.478 e. The highest BCUT2D eigenvalue weighted by molar-refractivity contribution is 5.95. The van der Waals surface area contributed by atoms with Crippen LogP contribution in [0.2, 0.25) is 0 Å². The number of hydrogen-bond acceptors (Lipinski definition) is 3. The van der Waals surface area contributed by atoms with Crippen LogP contribution in [-0.2, 0) is 0 Å². The van der Waals surface area contributed by atoms with Gasteiger partial charge in [-0.15, -0.1) is 0 Å². The SMILES string of the molecule is CCC1CCCN1C(=O)c1cc(C(=O)O)co1. The first-order valence-electron chi connectivity index (χ1n) is 5.76. The number of furan rings is 1. The number of aromatic carboxylic acids is 1. The number of carbonyl (C=O) groups excluding carboxylic acids is 1. The van der Waals surface area contributed by atoms with Gasteiger partial charge in [-0.25, -0.2) is 4.79 Å². The van der Waals surface area contributed by atoms with Crippen molar-refractivity contribution < 1.29 is 19.1 Å². The van der Waals surface area contributed by atoms with Crippen molar-refractivity contribution in [3.63, 3.8) is 0 Å². The Labute approximate surface area is 99.0 Å². The Balaban J connectivity index is 2.16. The van der Waals surface area contributed by atoms with Crippen LogP contribution in [0.5, 0.6) is 0 Å². The van der Waals surface area contributed by atoms with Crippen LogP contribution in [0, 0.1) is 0 Å². The third-order valence-corrected chi connectivity index (χ3v) is 3.17. The summed E-state index contributed by atoms with van der Waals surface area (Å²) in [5.74, 6) is -1.18. The van der Waals surface area contributed by atoms with Crippen LogP contribution in [0.15, 0.2) is 16.7 Å². The van der Waals surface area contributed by atoms with Crippen molar-refractivity contribution >= 4 is 11.9 Å². The summed E-state index contributed by atoms with van der Waals surface area (Å²) in [6.07, 6.45) is 4.02. The van der Waals surface area contributed by atoms with Crippen LogP contribution in [0.25, 0.3) is 0 Å². The Kier molecular flexibility index (Phi) is 3.17. The zero-order valence-electron chi connectivity index (χ0n) is 9.68. The van der Waals surface area contributed by atoms with Gasteiger partial charge in [0, 0.05) is 18.7 Å². The second kappa shape index (κ2) is 4.61. The van der Waals surface area contributed by atoms with Crippen molar-refractivity contribution in [2.75, 3.05) is 6.54 Å². The molecule has 92 valence electrons. The van der Waals surface area contributed by atoms with Crippen molar-refractivity contribution in [2.45, 2.75) is 32.2 Å². The van der Waals surface area contributed by atoms with E-state index in [1.807, 2.05) is 6.92 Å². The van der Waals surface area contributed by atoms with Gasteiger partial charge in [-0.1, -0.05) is 6.92 Å². The summed E-state index contributed by atoms with van der Waals surface area (Å²) in [5.41, 5.74) is 0.0144. The van der Waals surface area contributed by atoms with Gasteiger partial charge >= 0.3 is 5.97 Å². The Morgan fingerprint density at radius 2 is 2.35 bits per heavy atom. The van der Waals surface area contributed by atoms with Crippen LogP contribution in [0.4, 0.5) is 0 Å². The first kappa shape index (κ1) is 11.7. The highest BCUT2D eigenvalue weighted by atomic mass is 16.4. The number of carbonyl (C=O) groups is 2. The lowest BCUT2D eigenvalue weighted by Gasteiger charge is -2.22. The third kappa shape index (κ3) is 2.18. The number of carboxylic acids is 1. The quantitative estimate of drug-likeness (QED) is 0.872. The lowest BCUT2D eigenvalue weighted by molar-refractivity contribution is 0.0689. The molecule has 1 atom stereocenters. The molecule has 1 aromatic rings. The van der Waals surface area contributed by atoms with Gasteiger partial charge < -0.3 is 14.4 Å². The molecule has 1 aromatic heterocycles. The molecule has 1 aliphatic heterocycles. The molecule has 0 saturated carbocycles. The molecular formula is C12H15NO4. The average Bonchev–Trinajstić information content (AvgIpc) is 2.96. The van der Waals surface area contributed by atoms with E-state index in [0.29, 0.717) is 0 Å². The number of carboxylic acid groups (broad SMARTS) is 1. The predicted octanol–water partition coefficient (Wildman–Crippen LogP) is 1.99. The van der Waals surface area contributed by atoms with Gasteiger partial charge in [0.05, 0.1) is 5.56 Å². The van der Waals surface area contributed by atoms with Crippen LogP contribution in [-0.4, -0.2) is 34.5 Å². The Hall–Kier alpha value is -1.78. The van der Waals surface area contributed by atoms with Gasteiger partial charge in [-0.05, 0) is 19.3 Å². The fraction of sp³-hybridized carbons (Fsp3) is 0.500. The van der Waals surface area contributed by atoms with Crippen LogP contribution in [0.3, 0.4) is 0 Å². The molecule has 0 aliphatic carbocycles. The number of rotatable bonds is 3. The number of amides is 1. The monoisotopic (exact) mass is 237 g/mol. The Bertz CT molecular complexity index is 437. The highest BCUT2D eigenvalue weighted by Crippen LogP contribution is 2.23. The standard InChI is InChI=1S/C12H15NO4/c1-2-9-4-3-5-13(9)11(14)10-6-8(7-17-10)12(15)16/h6-7,9H,2-5H2,1H3,(H,15,16). The normalized spacial score (nSPS) is 19.6. The van der Waals surface area contributed by atoms with E-state index >= 15 is 0 Å². The summed E-state index contributed by atoms with van der Waals surface area (Å²) in [5, 5.41) is 8.76. The topological polar surface area (TPSA) is 70.8 Å². The molecule has 2 heterocycles. The van der Waals surface area contributed by atoms with Crippen LogP contribution < -0.4 is 0 Å². The van der Waals surface area contributed by atoms with Crippen LogP contribution in [0.1, 0.15) is 47.1 Å². The maximum atomic E-state index is 12.1. The molecule has 1 unspecified atom stereocenters. The van der Waals surface area contributed by atoms with Gasteiger partial charge in [0.2, 0.25) is 0 Å². The fourth-order valence-electron chi connectivity index (χ4n) is 2.23. The summed E-state index contributed by atoms with van der Waals surface area (Å²) in [6, 6.07) is 1.54. The van der Waals surface area contributed by atoms with Gasteiger partial charge in [0.15, 0.2) is 5.76 Å². The first-order chi connectivity index (χ1) is 8.13. The first-order valence-corrected chi connectivity index (χ1v) is 5.76. The average molecular weight is 237 g/mol. The lowest BCUT2D eigenvalue weighted by atomic mass is 10.1. The van der Waals surface area contributed by atoms with E-state index in [1.165, 1.54) is 6.07 Å². The van der Waals surface area contributed by atoms with Crippen LogP contribution >= 0.6 is 0 Å². The maximum Gasteiger partial charge on any atom is 0.338 e. The van der Waals surface area contributed by atoms with E-state index in [4.69, 9.17) is 9.52 Å². The van der Waals surface area contributed by atoms with Crippen molar-refractivity contribution in [1.29, 1.82) is 0 Å². The largest absolute Gasteiger partial charge is 0.478 e. The van der Waals surface area contributed by atoms with E-state index in [1.54, 1.807) is 4.90 Å². The number of likely N-dealkylation sites (tertiary alicyclic amines) is 1. The third-order valence-electron chi connectivity index (χ3n) is 3.17. The van der Waals surface area contributed by atoms with Crippen molar-refractivity contribution in [2.24, 2.45) is 0 Å². The van der Waals surface area contributed by atoms with Crippen molar-refractivity contribution in [3.8, 4) is 0 Å². The van der Waals surface area contributed by atoms with Gasteiger partial charge in [-0.3, -0.25) is 4.79 Å². The second-order valence-electron chi connectivity index (χ2n) is 4.21. The minimum absolute atomic E-state index is 0.0144. The molecule has 5 nitrogen and oxygen atoms in total. The van der Waals surface area contributed by atoms with Crippen molar-refractivity contribution in [1.82, 2.24) is 4.90 Å². The Morgan fingerprint density at radius 3 is 2.94 bits per heavy atom. The molecular weight excluding hydrogens is 222 g/mol. The predicted molar refractivity (Wildman–Crippen MR) is 60.0 cm³/mol. The summed E-state index contributed by atoms with van der Waals surface area (Å²) in [6.45, 7) is 2.77. The zero-order chi connectivity index (χ0) is 12.4. The number of hydrogen-bond donors (Lipinski definition) is 1. The number of nitrogens with zero attached hydrogens (tertiary/aromatic N) is 1. The van der Waals surface area contributed by atoms with Gasteiger partial charge in [0.25, 0.3) is 5.91 Å². The fourth-order valence-corrected chi connectivity index (χ4v) is 2.23. The summed E-state index contributed by atoms with van der Waals surface area (Å²) < 4.78 is 5.02. The zero-order valence-corrected chi connectivity index (χ0v) is 9.68. The molecule has 17 heavy (non-hydrogen) atoms.